The van der Waals surface area contributed by atoms with E-state index in [2.05, 4.69) is 10.4 Å². The van der Waals surface area contributed by atoms with Crippen molar-refractivity contribution in [2.75, 3.05) is 12.0 Å². The molecule has 0 unspecified atom stereocenters. The first-order valence-corrected chi connectivity index (χ1v) is 8.09. The Balaban J connectivity index is 3.01. The van der Waals surface area contributed by atoms with E-state index in [9.17, 15) is 21.6 Å². The van der Waals surface area contributed by atoms with E-state index in [1.807, 2.05) is 13.8 Å². The molecular formula is C11H18F3N3O2S. The van der Waals surface area contributed by atoms with Crippen LogP contribution in [0.15, 0.2) is 6.20 Å². The molecule has 0 spiro atoms. The average Bonchev–Trinajstić information content (AvgIpc) is 2.65. The molecule has 1 N–H and O–H groups in total. The van der Waals surface area contributed by atoms with Crippen LogP contribution in [0.3, 0.4) is 0 Å². The molecule has 0 aromatic carbocycles. The number of alkyl halides is 3. The number of nitrogens with one attached hydrogen (secondary N) is 1. The van der Waals surface area contributed by atoms with Gasteiger partial charge in [0.25, 0.3) is 0 Å². The third-order valence-electron chi connectivity index (χ3n) is 2.56. The standard InChI is InChI=1S/C11H18F3N3O2S/c1-8(2)15-6-9-7-16-17(4-5-20(3,18)19)10(9)11(12,13)14/h7-8,15H,4-6H2,1-3H3. The fourth-order valence-electron chi connectivity index (χ4n) is 1.62. The molecule has 0 atom stereocenters. The van der Waals surface area contributed by atoms with Crippen LogP contribution in [0.4, 0.5) is 13.2 Å². The molecule has 0 bridgehead atoms. The van der Waals surface area contributed by atoms with E-state index in [0.717, 1.165) is 12.5 Å². The Morgan fingerprint density at radius 1 is 1.40 bits per heavy atom. The summed E-state index contributed by atoms with van der Waals surface area (Å²) >= 11 is 0. The van der Waals surface area contributed by atoms with Gasteiger partial charge in [0.05, 0.1) is 18.5 Å². The molecule has 1 rings (SSSR count). The summed E-state index contributed by atoms with van der Waals surface area (Å²) < 4.78 is 62.0. The molecule has 0 saturated heterocycles. The van der Waals surface area contributed by atoms with Crippen LogP contribution in [-0.4, -0.2) is 36.2 Å². The van der Waals surface area contributed by atoms with Crippen molar-refractivity contribution in [3.8, 4) is 0 Å². The summed E-state index contributed by atoms with van der Waals surface area (Å²) in [5.41, 5.74) is -0.881. The molecule has 0 amide bonds. The zero-order valence-corrected chi connectivity index (χ0v) is 12.3. The van der Waals surface area contributed by atoms with E-state index < -0.39 is 21.7 Å². The van der Waals surface area contributed by atoms with Crippen LogP contribution < -0.4 is 5.32 Å². The van der Waals surface area contributed by atoms with Crippen LogP contribution in [0.5, 0.6) is 0 Å². The van der Waals surface area contributed by atoms with Gasteiger partial charge in [-0.3, -0.25) is 4.68 Å². The number of aromatic nitrogens is 2. The van der Waals surface area contributed by atoms with Gasteiger partial charge in [-0.2, -0.15) is 18.3 Å². The molecule has 9 heteroatoms. The van der Waals surface area contributed by atoms with Gasteiger partial charge in [0.1, 0.15) is 15.5 Å². The third kappa shape index (κ3) is 5.12. The van der Waals surface area contributed by atoms with Gasteiger partial charge < -0.3 is 5.32 Å². The second-order valence-electron chi connectivity index (χ2n) is 4.90. The van der Waals surface area contributed by atoms with Crippen LogP contribution in [0.25, 0.3) is 0 Å². The smallest absolute Gasteiger partial charge is 0.310 e. The molecule has 1 heterocycles. The molecule has 0 saturated carbocycles. The van der Waals surface area contributed by atoms with Crippen molar-refractivity contribution >= 4 is 9.84 Å². The second-order valence-corrected chi connectivity index (χ2v) is 7.16. The zero-order chi connectivity index (χ0) is 15.6. The molecule has 0 aliphatic rings. The van der Waals surface area contributed by atoms with Gasteiger partial charge in [-0.05, 0) is 0 Å². The lowest BCUT2D eigenvalue weighted by Gasteiger charge is -2.13. The Bertz CT molecular complexity index is 550. The van der Waals surface area contributed by atoms with E-state index in [4.69, 9.17) is 0 Å². The summed E-state index contributed by atoms with van der Waals surface area (Å²) in [4.78, 5) is 0. The predicted molar refractivity (Wildman–Crippen MR) is 68.9 cm³/mol. The molecule has 0 fully saturated rings. The Kier molecular flexibility index (Phi) is 5.20. The molecule has 20 heavy (non-hydrogen) atoms. The topological polar surface area (TPSA) is 64.0 Å². The minimum absolute atomic E-state index is 0.0136. The first-order chi connectivity index (χ1) is 9.00. The van der Waals surface area contributed by atoms with Gasteiger partial charge in [0.2, 0.25) is 0 Å². The van der Waals surface area contributed by atoms with Gasteiger partial charge in [0.15, 0.2) is 0 Å². The summed E-state index contributed by atoms with van der Waals surface area (Å²) in [6.07, 6.45) is -2.46. The van der Waals surface area contributed by atoms with Crippen molar-refractivity contribution in [3.63, 3.8) is 0 Å². The Morgan fingerprint density at radius 3 is 2.45 bits per heavy atom. The van der Waals surface area contributed by atoms with E-state index in [1.54, 1.807) is 0 Å². The highest BCUT2D eigenvalue weighted by Crippen LogP contribution is 2.32. The number of hydrogen-bond donors (Lipinski definition) is 1. The normalized spacial score (nSPS) is 13.2. The zero-order valence-electron chi connectivity index (χ0n) is 11.5. The molecule has 0 aliphatic heterocycles. The second kappa shape index (κ2) is 6.13. The summed E-state index contributed by atoms with van der Waals surface area (Å²) in [5.74, 6) is -0.380. The highest BCUT2D eigenvalue weighted by Gasteiger charge is 2.38. The maximum absolute atomic E-state index is 13.0. The first-order valence-electron chi connectivity index (χ1n) is 6.03. The van der Waals surface area contributed by atoms with E-state index in [0.29, 0.717) is 4.68 Å². The fraction of sp³-hybridized carbons (Fsp3) is 0.727. The fourth-order valence-corrected chi connectivity index (χ4v) is 2.12. The SMILES string of the molecule is CC(C)NCc1cnn(CCS(C)(=O)=O)c1C(F)(F)F. The molecule has 0 radical (unpaired) electrons. The summed E-state index contributed by atoms with van der Waals surface area (Å²) in [6, 6.07) is 0.0375. The average molecular weight is 313 g/mol. The molecular weight excluding hydrogens is 295 g/mol. The van der Waals surface area contributed by atoms with Crippen molar-refractivity contribution in [3.05, 3.63) is 17.5 Å². The van der Waals surface area contributed by atoms with Crippen LogP contribution >= 0.6 is 0 Å². The minimum Gasteiger partial charge on any atom is -0.310 e. The minimum atomic E-state index is -4.57. The van der Waals surface area contributed by atoms with Crippen molar-refractivity contribution in [1.82, 2.24) is 15.1 Å². The van der Waals surface area contributed by atoms with Gasteiger partial charge >= 0.3 is 6.18 Å². The van der Waals surface area contributed by atoms with Crippen LogP contribution in [0, 0.1) is 0 Å². The number of nitrogens with zero attached hydrogens (tertiary/aromatic N) is 2. The first kappa shape index (κ1) is 17.0. The monoisotopic (exact) mass is 313 g/mol. The summed E-state index contributed by atoms with van der Waals surface area (Å²) in [7, 11) is -3.34. The van der Waals surface area contributed by atoms with Gasteiger partial charge in [-0.25, -0.2) is 8.42 Å². The van der Waals surface area contributed by atoms with Crippen LogP contribution in [0.1, 0.15) is 25.1 Å². The molecule has 5 nitrogen and oxygen atoms in total. The lowest BCUT2D eigenvalue weighted by Crippen LogP contribution is -2.25. The van der Waals surface area contributed by atoms with Gasteiger partial charge in [-0.15, -0.1) is 0 Å². The maximum atomic E-state index is 13.0. The largest absolute Gasteiger partial charge is 0.433 e. The number of hydrogen-bond acceptors (Lipinski definition) is 4. The Hall–Kier alpha value is -1.09. The van der Waals surface area contributed by atoms with E-state index in [-0.39, 0.29) is 30.4 Å². The third-order valence-corrected chi connectivity index (χ3v) is 3.48. The number of sulfone groups is 1. The highest BCUT2D eigenvalue weighted by molar-refractivity contribution is 7.90. The lowest BCUT2D eigenvalue weighted by molar-refractivity contribution is -0.144. The predicted octanol–water partition coefficient (Wildman–Crippen LogP) is 1.44. The number of aryl methyl sites for hydroxylation is 1. The van der Waals surface area contributed by atoms with E-state index in [1.165, 1.54) is 0 Å². The van der Waals surface area contributed by atoms with Crippen molar-refractivity contribution in [2.24, 2.45) is 0 Å². The van der Waals surface area contributed by atoms with Crippen LogP contribution in [0.2, 0.25) is 0 Å². The highest BCUT2D eigenvalue weighted by atomic mass is 32.2. The number of rotatable bonds is 6. The maximum Gasteiger partial charge on any atom is 0.433 e. The quantitative estimate of drug-likeness (QED) is 0.863. The molecule has 1 aromatic heterocycles. The Morgan fingerprint density at radius 2 is 2.00 bits per heavy atom. The summed E-state index contributed by atoms with van der Waals surface area (Å²) in [5, 5.41) is 6.54. The number of halogens is 3. The summed E-state index contributed by atoms with van der Waals surface area (Å²) in [6.45, 7) is 3.36. The van der Waals surface area contributed by atoms with E-state index >= 15 is 0 Å². The Labute approximate surface area is 116 Å². The lowest BCUT2D eigenvalue weighted by atomic mass is 10.2. The van der Waals surface area contributed by atoms with Gasteiger partial charge in [0, 0.05) is 24.4 Å². The van der Waals surface area contributed by atoms with Crippen molar-refractivity contribution in [1.29, 1.82) is 0 Å². The van der Waals surface area contributed by atoms with Crippen molar-refractivity contribution < 1.29 is 21.6 Å². The molecule has 1 aromatic rings. The molecule has 116 valence electrons. The van der Waals surface area contributed by atoms with Crippen molar-refractivity contribution in [2.45, 2.75) is 39.2 Å². The molecule has 0 aliphatic carbocycles. The van der Waals surface area contributed by atoms with Gasteiger partial charge in [-0.1, -0.05) is 13.8 Å². The van der Waals surface area contributed by atoms with Crippen LogP contribution in [-0.2, 0) is 29.1 Å².